The van der Waals surface area contributed by atoms with Gasteiger partial charge in [-0.05, 0) is 25.5 Å². The minimum absolute atomic E-state index is 0.0572. The lowest BCUT2D eigenvalue weighted by atomic mass is 10.2. The molecule has 2 heterocycles. The molecule has 2 aromatic heterocycles. The summed E-state index contributed by atoms with van der Waals surface area (Å²) in [5.74, 6) is 5.98. The van der Waals surface area contributed by atoms with E-state index in [4.69, 9.17) is 10.6 Å². The summed E-state index contributed by atoms with van der Waals surface area (Å²) in [6.45, 7) is 4.50. The van der Waals surface area contributed by atoms with Crippen LogP contribution in [0, 0.1) is 0 Å². The zero-order chi connectivity index (χ0) is 15.1. The number of ether oxygens (including phenoxy) is 1. The summed E-state index contributed by atoms with van der Waals surface area (Å²) >= 11 is 0. The van der Waals surface area contributed by atoms with Crippen molar-refractivity contribution in [1.29, 1.82) is 0 Å². The van der Waals surface area contributed by atoms with Gasteiger partial charge in [0.1, 0.15) is 0 Å². The Morgan fingerprint density at radius 3 is 2.71 bits per heavy atom. The molecule has 112 valence electrons. The molecule has 4 N–H and O–H groups in total. The van der Waals surface area contributed by atoms with Crippen molar-refractivity contribution in [3.8, 4) is 6.01 Å². The van der Waals surface area contributed by atoms with Crippen LogP contribution in [0.4, 0.5) is 11.9 Å². The smallest absolute Gasteiger partial charge is 0.323 e. The maximum atomic E-state index is 5.41. The number of anilines is 2. The van der Waals surface area contributed by atoms with Gasteiger partial charge in [-0.2, -0.15) is 15.0 Å². The van der Waals surface area contributed by atoms with Crippen molar-refractivity contribution in [3.63, 3.8) is 0 Å². The van der Waals surface area contributed by atoms with E-state index in [0.29, 0.717) is 12.6 Å². The Labute approximate surface area is 123 Å². The average molecular weight is 289 g/mol. The van der Waals surface area contributed by atoms with Gasteiger partial charge in [-0.1, -0.05) is 13.0 Å². The van der Waals surface area contributed by atoms with Crippen molar-refractivity contribution in [2.75, 3.05) is 17.3 Å². The van der Waals surface area contributed by atoms with Gasteiger partial charge >= 0.3 is 6.01 Å². The van der Waals surface area contributed by atoms with Crippen molar-refractivity contribution >= 4 is 11.9 Å². The molecule has 0 amide bonds. The lowest BCUT2D eigenvalue weighted by Gasteiger charge is -2.14. The summed E-state index contributed by atoms with van der Waals surface area (Å²) in [5, 5.41) is 3.15. The molecule has 0 radical (unpaired) electrons. The van der Waals surface area contributed by atoms with Crippen molar-refractivity contribution in [2.24, 2.45) is 5.84 Å². The van der Waals surface area contributed by atoms with Gasteiger partial charge in [0.2, 0.25) is 11.9 Å². The van der Waals surface area contributed by atoms with E-state index in [1.54, 1.807) is 6.20 Å². The van der Waals surface area contributed by atoms with Crippen LogP contribution in [0.1, 0.15) is 32.0 Å². The van der Waals surface area contributed by atoms with E-state index >= 15 is 0 Å². The molecule has 0 aliphatic carbocycles. The first-order valence-corrected chi connectivity index (χ1v) is 6.76. The van der Waals surface area contributed by atoms with Crippen LogP contribution in [-0.4, -0.2) is 26.5 Å². The highest BCUT2D eigenvalue weighted by atomic mass is 16.5. The fourth-order valence-electron chi connectivity index (χ4n) is 1.64. The van der Waals surface area contributed by atoms with E-state index in [1.165, 1.54) is 0 Å². The Bertz CT molecular complexity index is 564. The first kappa shape index (κ1) is 14.9. The van der Waals surface area contributed by atoms with Crippen molar-refractivity contribution in [1.82, 2.24) is 19.9 Å². The quantitative estimate of drug-likeness (QED) is 0.519. The van der Waals surface area contributed by atoms with Crippen LogP contribution in [-0.2, 0) is 0 Å². The minimum atomic E-state index is -0.0572. The minimum Gasteiger partial charge on any atom is -0.463 e. The molecule has 0 saturated carbocycles. The molecule has 1 atom stereocenters. The number of nitrogens with two attached hydrogens (primary N) is 1. The molecule has 0 spiro atoms. The SMILES string of the molecule is CCCOc1nc(NN)nc(NC(C)c2ccccn2)n1. The maximum absolute atomic E-state index is 5.41. The zero-order valence-electron chi connectivity index (χ0n) is 12.1. The molecular weight excluding hydrogens is 270 g/mol. The van der Waals surface area contributed by atoms with Crippen molar-refractivity contribution in [3.05, 3.63) is 30.1 Å². The first-order chi connectivity index (χ1) is 10.2. The molecule has 8 nitrogen and oxygen atoms in total. The number of aromatic nitrogens is 4. The topological polar surface area (TPSA) is 111 Å². The van der Waals surface area contributed by atoms with Gasteiger partial charge in [-0.3, -0.25) is 10.4 Å². The third kappa shape index (κ3) is 4.25. The van der Waals surface area contributed by atoms with Crippen molar-refractivity contribution in [2.45, 2.75) is 26.3 Å². The number of nitrogen functional groups attached to an aromatic ring is 1. The van der Waals surface area contributed by atoms with Crippen LogP contribution in [0.5, 0.6) is 6.01 Å². The lowest BCUT2D eigenvalue weighted by molar-refractivity contribution is 0.292. The molecule has 2 rings (SSSR count). The van der Waals surface area contributed by atoms with Crippen molar-refractivity contribution < 1.29 is 4.74 Å². The predicted octanol–water partition coefficient (Wildman–Crippen LogP) is 1.51. The number of hydrogen-bond donors (Lipinski definition) is 3. The molecule has 8 heteroatoms. The van der Waals surface area contributed by atoms with E-state index in [-0.39, 0.29) is 18.0 Å². The van der Waals surface area contributed by atoms with E-state index < -0.39 is 0 Å². The molecule has 0 saturated heterocycles. The highest BCUT2D eigenvalue weighted by molar-refractivity contribution is 5.36. The Hall–Kier alpha value is -2.48. The van der Waals surface area contributed by atoms with Crippen LogP contribution in [0.15, 0.2) is 24.4 Å². The second-order valence-electron chi connectivity index (χ2n) is 4.38. The molecule has 21 heavy (non-hydrogen) atoms. The summed E-state index contributed by atoms with van der Waals surface area (Å²) in [5.41, 5.74) is 3.28. The zero-order valence-corrected chi connectivity index (χ0v) is 12.1. The molecular formula is C13H19N7O. The van der Waals surface area contributed by atoms with E-state index in [9.17, 15) is 0 Å². The largest absolute Gasteiger partial charge is 0.463 e. The van der Waals surface area contributed by atoms with Gasteiger partial charge in [-0.25, -0.2) is 5.84 Å². The van der Waals surface area contributed by atoms with E-state index in [2.05, 4.69) is 30.7 Å². The fourth-order valence-corrected chi connectivity index (χ4v) is 1.64. The van der Waals surface area contributed by atoms with Gasteiger partial charge in [0.05, 0.1) is 18.3 Å². The Balaban J connectivity index is 2.14. The fraction of sp³-hybridized carbons (Fsp3) is 0.385. The van der Waals surface area contributed by atoms with Crippen LogP contribution in [0.2, 0.25) is 0 Å². The lowest BCUT2D eigenvalue weighted by Crippen LogP contribution is -2.16. The highest BCUT2D eigenvalue weighted by Crippen LogP contribution is 2.17. The Kier molecular flexibility index (Phi) is 5.22. The van der Waals surface area contributed by atoms with Gasteiger partial charge in [-0.15, -0.1) is 0 Å². The molecule has 0 bridgehead atoms. The van der Waals surface area contributed by atoms with Gasteiger partial charge in [0, 0.05) is 6.20 Å². The maximum Gasteiger partial charge on any atom is 0.323 e. The standard InChI is InChI=1S/C13H19N7O/c1-3-8-21-13-18-11(17-12(19-13)20-14)16-9(2)10-6-4-5-7-15-10/h4-7,9H,3,8,14H2,1-2H3,(H2,16,17,18,19,20). The molecule has 0 fully saturated rings. The summed E-state index contributed by atoms with van der Waals surface area (Å²) in [6.07, 6.45) is 2.60. The summed E-state index contributed by atoms with van der Waals surface area (Å²) < 4.78 is 5.41. The van der Waals surface area contributed by atoms with E-state index in [0.717, 1.165) is 12.1 Å². The average Bonchev–Trinajstić information content (AvgIpc) is 2.53. The van der Waals surface area contributed by atoms with Crippen LogP contribution < -0.4 is 21.3 Å². The molecule has 0 aliphatic rings. The Morgan fingerprint density at radius 2 is 2.05 bits per heavy atom. The molecule has 1 unspecified atom stereocenters. The summed E-state index contributed by atoms with van der Waals surface area (Å²) in [7, 11) is 0. The summed E-state index contributed by atoms with van der Waals surface area (Å²) in [6, 6.07) is 5.90. The van der Waals surface area contributed by atoms with Gasteiger partial charge in [0.25, 0.3) is 0 Å². The van der Waals surface area contributed by atoms with Gasteiger partial charge in [0.15, 0.2) is 0 Å². The van der Waals surface area contributed by atoms with Crippen LogP contribution in [0.25, 0.3) is 0 Å². The highest BCUT2D eigenvalue weighted by Gasteiger charge is 2.11. The monoisotopic (exact) mass is 289 g/mol. The number of hydrogen-bond acceptors (Lipinski definition) is 8. The number of rotatable bonds is 7. The molecule has 0 aromatic carbocycles. The number of nitrogens with one attached hydrogen (secondary N) is 2. The van der Waals surface area contributed by atoms with Crippen LogP contribution >= 0.6 is 0 Å². The predicted molar refractivity (Wildman–Crippen MR) is 79.7 cm³/mol. The van der Waals surface area contributed by atoms with E-state index in [1.807, 2.05) is 32.0 Å². The number of pyridine rings is 1. The Morgan fingerprint density at radius 1 is 1.24 bits per heavy atom. The van der Waals surface area contributed by atoms with Crippen LogP contribution in [0.3, 0.4) is 0 Å². The second-order valence-corrected chi connectivity index (χ2v) is 4.38. The van der Waals surface area contributed by atoms with Gasteiger partial charge < -0.3 is 10.1 Å². The first-order valence-electron chi connectivity index (χ1n) is 6.76. The number of hydrazine groups is 1. The molecule has 0 aliphatic heterocycles. The summed E-state index contributed by atoms with van der Waals surface area (Å²) in [4.78, 5) is 16.7. The second kappa shape index (κ2) is 7.34. The third-order valence-electron chi connectivity index (χ3n) is 2.66. The normalized spacial score (nSPS) is 11.8. The molecule has 2 aromatic rings. The third-order valence-corrected chi connectivity index (χ3v) is 2.66. The number of nitrogens with zero attached hydrogens (tertiary/aromatic N) is 4.